The van der Waals surface area contributed by atoms with E-state index in [1.807, 2.05) is 25.1 Å². The molecule has 0 aliphatic rings. The highest BCUT2D eigenvalue weighted by atomic mass is 35.5. The Morgan fingerprint density at radius 3 is 2.63 bits per heavy atom. The van der Waals surface area contributed by atoms with Crippen LogP contribution in [0.1, 0.15) is 22.3 Å². The van der Waals surface area contributed by atoms with Gasteiger partial charge in [0.25, 0.3) is 5.91 Å². The van der Waals surface area contributed by atoms with Gasteiger partial charge >= 0.3 is 0 Å². The molecule has 0 aliphatic heterocycles. The Kier molecular flexibility index (Phi) is 4.87. The maximum absolute atomic E-state index is 12.2. The quantitative estimate of drug-likeness (QED) is 0.852. The lowest BCUT2D eigenvalue weighted by Gasteiger charge is -2.19. The predicted octanol–water partition coefficient (Wildman–Crippen LogP) is 2.90. The minimum absolute atomic E-state index is 0.108. The molecule has 0 unspecified atom stereocenters. The molecular weight excluding hydrogens is 282 g/mol. The average Bonchev–Trinajstić information content (AvgIpc) is 2.87. The van der Waals surface area contributed by atoms with Gasteiger partial charge in [-0.25, -0.2) is 0 Å². The van der Waals surface area contributed by atoms with E-state index in [0.717, 1.165) is 17.8 Å². The highest BCUT2D eigenvalue weighted by Gasteiger charge is 2.18. The minimum atomic E-state index is -0.108. The molecule has 0 bridgehead atoms. The van der Waals surface area contributed by atoms with E-state index in [0.29, 0.717) is 22.6 Å². The van der Waals surface area contributed by atoms with Crippen LogP contribution in [0.15, 0.2) is 30.3 Å². The van der Waals surface area contributed by atoms with E-state index < -0.39 is 0 Å². The summed E-state index contributed by atoms with van der Waals surface area (Å²) in [6.45, 7) is 3.25. The molecule has 2 aromatic rings. The summed E-state index contributed by atoms with van der Waals surface area (Å²) in [5.41, 5.74) is 1.21. The zero-order valence-corrected chi connectivity index (χ0v) is 12.1. The van der Waals surface area contributed by atoms with Crippen molar-refractivity contribution in [2.75, 3.05) is 13.1 Å². The van der Waals surface area contributed by atoms with Gasteiger partial charge in [-0.2, -0.15) is 0 Å². The average molecular weight is 296 g/mol. The Labute approximate surface area is 121 Å². The summed E-state index contributed by atoms with van der Waals surface area (Å²) in [5.74, 6) is -0.108. The Hall–Kier alpha value is -1.46. The number of carbonyl (C=O) groups excluding carboxylic acids is 1. The molecule has 1 aromatic heterocycles. The van der Waals surface area contributed by atoms with E-state index in [1.165, 1.54) is 5.56 Å². The van der Waals surface area contributed by atoms with Crippen molar-refractivity contribution in [1.29, 1.82) is 0 Å². The van der Waals surface area contributed by atoms with E-state index in [9.17, 15) is 4.79 Å². The summed E-state index contributed by atoms with van der Waals surface area (Å²) in [7, 11) is 0. The molecule has 100 valence electrons. The summed E-state index contributed by atoms with van der Waals surface area (Å²) in [6, 6.07) is 10.1. The number of amides is 1. The van der Waals surface area contributed by atoms with Gasteiger partial charge in [0, 0.05) is 13.1 Å². The number of carbonyl (C=O) groups is 1. The number of benzene rings is 1. The zero-order chi connectivity index (χ0) is 13.7. The number of hydrogen-bond acceptors (Lipinski definition) is 4. The fraction of sp³-hybridized carbons (Fsp3) is 0.308. The summed E-state index contributed by atoms with van der Waals surface area (Å²) < 4.78 is 0.294. The summed E-state index contributed by atoms with van der Waals surface area (Å²) >= 11 is 6.81. The smallest absolute Gasteiger partial charge is 0.284 e. The first-order valence-corrected chi connectivity index (χ1v) is 7.22. The number of hydrogen-bond donors (Lipinski definition) is 0. The van der Waals surface area contributed by atoms with Gasteiger partial charge in [0.2, 0.25) is 9.47 Å². The van der Waals surface area contributed by atoms with E-state index in [4.69, 9.17) is 11.6 Å². The minimum Gasteiger partial charge on any atom is -0.336 e. The lowest BCUT2D eigenvalue weighted by atomic mass is 10.1. The van der Waals surface area contributed by atoms with E-state index >= 15 is 0 Å². The first-order valence-electron chi connectivity index (χ1n) is 6.03. The third-order valence-electron chi connectivity index (χ3n) is 2.77. The van der Waals surface area contributed by atoms with Gasteiger partial charge in [0.1, 0.15) is 0 Å². The fourth-order valence-corrected chi connectivity index (χ4v) is 2.54. The van der Waals surface area contributed by atoms with Crippen molar-refractivity contribution in [2.45, 2.75) is 13.3 Å². The maximum Gasteiger partial charge on any atom is 0.284 e. The van der Waals surface area contributed by atoms with Crippen molar-refractivity contribution in [1.82, 2.24) is 15.1 Å². The van der Waals surface area contributed by atoms with Crippen LogP contribution in [-0.4, -0.2) is 34.1 Å². The monoisotopic (exact) mass is 295 g/mol. The van der Waals surface area contributed by atoms with E-state index in [2.05, 4.69) is 22.3 Å². The second-order valence-electron chi connectivity index (χ2n) is 3.98. The molecule has 0 aliphatic carbocycles. The lowest BCUT2D eigenvalue weighted by Crippen LogP contribution is -2.32. The summed E-state index contributed by atoms with van der Waals surface area (Å²) in [5, 5.41) is 7.79. The molecule has 0 atom stereocenters. The van der Waals surface area contributed by atoms with Crippen LogP contribution in [0.25, 0.3) is 0 Å². The molecule has 1 heterocycles. The van der Waals surface area contributed by atoms with Crippen LogP contribution in [0.3, 0.4) is 0 Å². The van der Waals surface area contributed by atoms with Gasteiger partial charge in [-0.05, 0) is 30.5 Å². The first kappa shape index (κ1) is 14.0. The Bertz CT molecular complexity index is 544. The molecule has 19 heavy (non-hydrogen) atoms. The van der Waals surface area contributed by atoms with Crippen LogP contribution in [0, 0.1) is 0 Å². The molecular formula is C13H14ClN3OS. The molecule has 2 rings (SSSR count). The van der Waals surface area contributed by atoms with Crippen LogP contribution in [0.4, 0.5) is 0 Å². The van der Waals surface area contributed by atoms with Crippen molar-refractivity contribution in [2.24, 2.45) is 0 Å². The highest BCUT2D eigenvalue weighted by Crippen LogP contribution is 2.16. The third kappa shape index (κ3) is 3.75. The second-order valence-corrected chi connectivity index (χ2v) is 5.54. The molecule has 1 aromatic carbocycles. The number of rotatable bonds is 5. The molecule has 0 spiro atoms. The Balaban J connectivity index is 1.98. The molecule has 0 N–H and O–H groups in total. The van der Waals surface area contributed by atoms with Crippen molar-refractivity contribution < 1.29 is 4.79 Å². The number of aromatic nitrogens is 2. The van der Waals surface area contributed by atoms with Crippen LogP contribution < -0.4 is 0 Å². The Morgan fingerprint density at radius 2 is 2.05 bits per heavy atom. The number of likely N-dealkylation sites (N-methyl/N-ethyl adjacent to an activating group) is 1. The third-order valence-corrected chi connectivity index (χ3v) is 3.77. The number of nitrogens with zero attached hydrogens (tertiary/aromatic N) is 3. The SMILES string of the molecule is CCN(CCc1ccccc1)C(=O)c1nnc(Cl)s1. The van der Waals surface area contributed by atoms with Crippen LogP contribution in [0.2, 0.25) is 4.47 Å². The topological polar surface area (TPSA) is 46.1 Å². The molecule has 0 saturated carbocycles. The maximum atomic E-state index is 12.2. The zero-order valence-electron chi connectivity index (χ0n) is 10.5. The summed E-state index contributed by atoms with van der Waals surface area (Å²) in [4.78, 5) is 13.9. The Morgan fingerprint density at radius 1 is 1.32 bits per heavy atom. The van der Waals surface area contributed by atoms with Gasteiger partial charge in [-0.15, -0.1) is 10.2 Å². The van der Waals surface area contributed by atoms with Crippen molar-refractivity contribution in [3.05, 3.63) is 45.4 Å². The van der Waals surface area contributed by atoms with E-state index in [-0.39, 0.29) is 5.91 Å². The van der Waals surface area contributed by atoms with Gasteiger partial charge < -0.3 is 4.90 Å². The lowest BCUT2D eigenvalue weighted by molar-refractivity contribution is 0.0765. The van der Waals surface area contributed by atoms with Crippen LogP contribution >= 0.6 is 22.9 Å². The molecule has 0 saturated heterocycles. The van der Waals surface area contributed by atoms with Gasteiger partial charge in [-0.1, -0.05) is 41.7 Å². The van der Waals surface area contributed by atoms with Gasteiger partial charge in [0.15, 0.2) is 0 Å². The first-order chi connectivity index (χ1) is 9.20. The van der Waals surface area contributed by atoms with Crippen LogP contribution in [-0.2, 0) is 6.42 Å². The summed E-state index contributed by atoms with van der Waals surface area (Å²) in [6.07, 6.45) is 0.826. The fourth-order valence-electron chi connectivity index (χ4n) is 1.74. The highest BCUT2D eigenvalue weighted by molar-refractivity contribution is 7.17. The van der Waals surface area contributed by atoms with E-state index in [1.54, 1.807) is 4.90 Å². The standard InChI is InChI=1S/C13H14ClN3OS/c1-2-17(9-8-10-6-4-3-5-7-10)12(18)11-15-16-13(14)19-11/h3-7H,2,8-9H2,1H3. The van der Waals surface area contributed by atoms with Gasteiger partial charge in [0.05, 0.1) is 0 Å². The van der Waals surface area contributed by atoms with Gasteiger partial charge in [-0.3, -0.25) is 4.79 Å². The molecule has 0 radical (unpaired) electrons. The van der Waals surface area contributed by atoms with Crippen LogP contribution in [0.5, 0.6) is 0 Å². The molecule has 0 fully saturated rings. The molecule has 4 nitrogen and oxygen atoms in total. The molecule has 1 amide bonds. The van der Waals surface area contributed by atoms with Crippen molar-refractivity contribution in [3.63, 3.8) is 0 Å². The van der Waals surface area contributed by atoms with Crippen molar-refractivity contribution >= 4 is 28.8 Å². The number of halogens is 1. The second kappa shape index (κ2) is 6.63. The normalized spacial score (nSPS) is 10.4. The molecule has 6 heteroatoms. The van der Waals surface area contributed by atoms with Crippen molar-refractivity contribution in [3.8, 4) is 0 Å². The predicted molar refractivity (Wildman–Crippen MR) is 76.6 cm³/mol. The largest absolute Gasteiger partial charge is 0.336 e.